The Labute approximate surface area is 305 Å². The van der Waals surface area contributed by atoms with Gasteiger partial charge in [0.15, 0.2) is 0 Å². The molecule has 0 atom stereocenters. The van der Waals surface area contributed by atoms with Crippen LogP contribution in [0, 0.1) is 0 Å². The molecule has 0 aromatic carbocycles. The van der Waals surface area contributed by atoms with Crippen LogP contribution in [-0.2, 0) is 18.3 Å². The van der Waals surface area contributed by atoms with E-state index in [1.807, 2.05) is 0 Å². The fourth-order valence-electron chi connectivity index (χ4n) is 0. The Balaban J connectivity index is -0.0000000225. The molecule has 24 heteroatoms. The molecule has 0 radical (unpaired) electrons. The van der Waals surface area contributed by atoms with E-state index in [0.717, 1.165) is 0 Å². The van der Waals surface area contributed by atoms with Gasteiger partial charge in [0.25, 0.3) is 0 Å². The van der Waals surface area contributed by atoms with Gasteiger partial charge in [-0.25, -0.2) is 18.3 Å². The van der Waals surface area contributed by atoms with E-state index in [1.54, 1.807) is 0 Å². The topological polar surface area (TPSA) is 311 Å². The van der Waals surface area contributed by atoms with E-state index in [0.29, 0.717) is 0 Å². The molecule has 0 rings (SSSR count). The minimum atomic E-state index is -4.64. The van der Waals surface area contributed by atoms with Crippen LogP contribution in [0.25, 0.3) is 0 Å². The van der Waals surface area contributed by atoms with Crippen molar-refractivity contribution in [2.45, 2.75) is 0 Å². The van der Waals surface area contributed by atoms with Crippen molar-refractivity contribution in [3.63, 3.8) is 0 Å². The molecule has 0 aliphatic rings. The molecule has 0 amide bonds. The molecule has 0 bridgehead atoms. The van der Waals surface area contributed by atoms with Gasteiger partial charge in [0.05, 0.1) is 0 Å². The van der Waals surface area contributed by atoms with E-state index in [4.69, 9.17) is 77.0 Å². The zero-order valence-corrected chi connectivity index (χ0v) is 12.4. The van der Waals surface area contributed by atoms with Gasteiger partial charge in [-0.2, -0.15) is 0 Å². The molecular formula is H16K4O16P4. The third-order valence-corrected chi connectivity index (χ3v) is 0. The SMILES string of the molecule is O=P(O)(O)O.O=P(O)(O)O.O=P(O)(O)O.O=P(O)(O)O.[KH].[KH].[KH].[KH]. The zero-order chi connectivity index (χ0) is 18.0. The van der Waals surface area contributed by atoms with Crippen LogP contribution >= 0.6 is 31.3 Å². The summed E-state index contributed by atoms with van der Waals surface area (Å²) in [7, 11) is -18.6. The molecule has 0 saturated carbocycles. The minimum absolute atomic E-state index is 0. The van der Waals surface area contributed by atoms with Crippen molar-refractivity contribution in [1.29, 1.82) is 0 Å². The van der Waals surface area contributed by atoms with Gasteiger partial charge in [-0.1, -0.05) is 0 Å². The average Bonchev–Trinajstić information content (AvgIpc) is 1.62. The van der Waals surface area contributed by atoms with Crippen molar-refractivity contribution < 1.29 is 77.0 Å². The molecule has 0 spiro atoms. The van der Waals surface area contributed by atoms with Gasteiger partial charge < -0.3 is 58.7 Å². The van der Waals surface area contributed by atoms with Crippen LogP contribution < -0.4 is 0 Å². The molecule has 136 valence electrons. The molecule has 24 heavy (non-hydrogen) atoms. The molecule has 0 aliphatic heterocycles. The van der Waals surface area contributed by atoms with Crippen molar-refractivity contribution in [2.24, 2.45) is 0 Å². The predicted molar refractivity (Wildman–Crippen MR) is 85.6 cm³/mol. The molecule has 0 aromatic rings. The second-order valence-corrected chi connectivity index (χ2v) is 6.16. The fraction of sp³-hybridized carbons (Fsp3) is 0. The summed E-state index contributed by atoms with van der Waals surface area (Å²) in [5, 5.41) is 0. The average molecular weight is 552 g/mol. The second kappa shape index (κ2) is 26.2. The Hall–Kier alpha value is 6.99. The molecule has 0 aliphatic carbocycles. The van der Waals surface area contributed by atoms with Gasteiger partial charge in [-0.05, 0) is 0 Å². The molecule has 0 heterocycles. The van der Waals surface area contributed by atoms with Gasteiger partial charge in [0.1, 0.15) is 0 Å². The first-order valence-corrected chi connectivity index (χ1v) is 9.39. The number of hydrogen-bond acceptors (Lipinski definition) is 4. The van der Waals surface area contributed by atoms with Gasteiger partial charge in [0, 0.05) is 0 Å². The van der Waals surface area contributed by atoms with Crippen LogP contribution in [-0.4, -0.2) is 264 Å². The van der Waals surface area contributed by atoms with Crippen molar-refractivity contribution >= 4 is 237 Å². The Morgan fingerprint density at radius 3 is 0.292 bits per heavy atom. The van der Waals surface area contributed by atoms with Gasteiger partial charge in [0.2, 0.25) is 0 Å². The summed E-state index contributed by atoms with van der Waals surface area (Å²) in [5.41, 5.74) is 0. The standard InChI is InChI=1S/4K.4H3O4P.4H/c;;;;4*1-5(2,3)4;;;;/h;;;;4*(H3,1,2,3,4);;;;. The molecule has 0 unspecified atom stereocenters. The first-order chi connectivity index (χ1) is 8.00. The normalized spacial score (nSPS) is 9.83. The van der Waals surface area contributed by atoms with Crippen LogP contribution in [0.5, 0.6) is 0 Å². The van der Waals surface area contributed by atoms with E-state index < -0.39 is 31.3 Å². The van der Waals surface area contributed by atoms with Crippen LogP contribution in [0.4, 0.5) is 0 Å². The Kier molecular flexibility index (Phi) is 57.7. The third kappa shape index (κ3) is 465. The van der Waals surface area contributed by atoms with Crippen molar-refractivity contribution in [1.82, 2.24) is 0 Å². The summed E-state index contributed by atoms with van der Waals surface area (Å²) >= 11 is 0. The maximum absolute atomic E-state index is 8.88. The summed E-state index contributed by atoms with van der Waals surface area (Å²) in [5.74, 6) is 0. The summed E-state index contributed by atoms with van der Waals surface area (Å²) in [6.07, 6.45) is 0. The number of rotatable bonds is 0. The second-order valence-electron chi connectivity index (χ2n) is 2.05. The molecule has 0 aromatic heterocycles. The van der Waals surface area contributed by atoms with Gasteiger partial charge in [-0.15, -0.1) is 0 Å². The van der Waals surface area contributed by atoms with E-state index >= 15 is 0 Å². The molecule has 12 N–H and O–H groups in total. The zero-order valence-electron chi connectivity index (χ0n) is 8.79. The summed E-state index contributed by atoms with van der Waals surface area (Å²) in [6.45, 7) is 0. The maximum atomic E-state index is 8.88. The number of phosphoric acid groups is 4. The monoisotopic (exact) mass is 552 g/mol. The van der Waals surface area contributed by atoms with Crippen molar-refractivity contribution in [3.8, 4) is 0 Å². The van der Waals surface area contributed by atoms with Gasteiger partial charge >= 0.3 is 237 Å². The first-order valence-electron chi connectivity index (χ1n) is 3.13. The Morgan fingerprint density at radius 1 is 0.292 bits per heavy atom. The van der Waals surface area contributed by atoms with Crippen LogP contribution in [0.3, 0.4) is 0 Å². The van der Waals surface area contributed by atoms with E-state index in [-0.39, 0.29) is 206 Å². The van der Waals surface area contributed by atoms with Crippen molar-refractivity contribution in [2.75, 3.05) is 0 Å². The van der Waals surface area contributed by atoms with Crippen LogP contribution in [0.1, 0.15) is 0 Å². The summed E-state index contributed by atoms with van der Waals surface area (Å²) < 4.78 is 35.5. The summed E-state index contributed by atoms with van der Waals surface area (Å²) in [6, 6.07) is 0. The fourth-order valence-corrected chi connectivity index (χ4v) is 0. The Morgan fingerprint density at radius 2 is 0.292 bits per heavy atom. The van der Waals surface area contributed by atoms with E-state index in [1.165, 1.54) is 0 Å². The Bertz CT molecular complexity index is 295. The quantitative estimate of drug-likeness (QED) is 0.0982. The first kappa shape index (κ1) is 52.7. The van der Waals surface area contributed by atoms with Gasteiger partial charge in [-0.3, -0.25) is 0 Å². The molecular weight excluding hydrogens is 536 g/mol. The van der Waals surface area contributed by atoms with Crippen LogP contribution in [0.2, 0.25) is 0 Å². The van der Waals surface area contributed by atoms with Crippen LogP contribution in [0.15, 0.2) is 0 Å². The third-order valence-electron chi connectivity index (χ3n) is 0. The van der Waals surface area contributed by atoms with Crippen molar-refractivity contribution in [3.05, 3.63) is 0 Å². The summed E-state index contributed by atoms with van der Waals surface area (Å²) in [4.78, 5) is 86.2. The molecule has 0 saturated heterocycles. The predicted octanol–water partition coefficient (Wildman–Crippen LogP) is -6.31. The molecule has 16 nitrogen and oxygen atoms in total. The molecule has 0 fully saturated rings. The number of hydrogen-bond donors (Lipinski definition) is 12. The van der Waals surface area contributed by atoms with E-state index in [2.05, 4.69) is 0 Å². The van der Waals surface area contributed by atoms with E-state index in [9.17, 15) is 0 Å².